The Morgan fingerprint density at radius 3 is 2.65 bits per heavy atom. The van der Waals surface area contributed by atoms with Gasteiger partial charge in [0.05, 0.1) is 18.9 Å². The van der Waals surface area contributed by atoms with E-state index < -0.39 is 17.9 Å². The van der Waals surface area contributed by atoms with E-state index in [0.29, 0.717) is 19.6 Å². The molecule has 7 nitrogen and oxygen atoms in total. The van der Waals surface area contributed by atoms with Crippen molar-refractivity contribution >= 4 is 17.8 Å². The fourth-order valence-electron chi connectivity index (χ4n) is 2.22. The van der Waals surface area contributed by atoms with Gasteiger partial charge < -0.3 is 20.5 Å². The first-order valence-corrected chi connectivity index (χ1v) is 7.43. The Bertz CT molecular complexity index is 555. The first-order valence-electron chi connectivity index (χ1n) is 7.43. The summed E-state index contributed by atoms with van der Waals surface area (Å²) in [5, 5.41) is 2.49. The molecule has 0 spiro atoms. The largest absolute Gasteiger partial charge is 0.461 e. The Morgan fingerprint density at radius 2 is 2.04 bits per heavy atom. The zero-order valence-corrected chi connectivity index (χ0v) is 12.7. The molecule has 2 amide bonds. The van der Waals surface area contributed by atoms with Crippen LogP contribution in [0.2, 0.25) is 0 Å². The molecule has 1 aromatic rings. The van der Waals surface area contributed by atoms with Gasteiger partial charge in [-0.1, -0.05) is 30.3 Å². The first-order chi connectivity index (χ1) is 11.1. The van der Waals surface area contributed by atoms with E-state index in [-0.39, 0.29) is 24.9 Å². The average Bonchev–Trinajstić information content (AvgIpc) is 3.07. The topological polar surface area (TPSA) is 108 Å². The van der Waals surface area contributed by atoms with Crippen LogP contribution in [-0.2, 0) is 30.5 Å². The number of ether oxygens (including phenoxy) is 2. The summed E-state index contributed by atoms with van der Waals surface area (Å²) in [6.07, 6.45) is 0.303. The number of amides is 2. The predicted molar refractivity (Wildman–Crippen MR) is 80.9 cm³/mol. The molecule has 0 saturated carbocycles. The number of primary amides is 1. The lowest BCUT2D eigenvalue weighted by Gasteiger charge is -2.17. The van der Waals surface area contributed by atoms with Crippen molar-refractivity contribution in [3.8, 4) is 0 Å². The van der Waals surface area contributed by atoms with Gasteiger partial charge in [0.25, 0.3) is 0 Å². The van der Waals surface area contributed by atoms with Gasteiger partial charge in [-0.05, 0) is 12.0 Å². The lowest BCUT2D eigenvalue weighted by molar-refractivity contribution is -0.147. The molecule has 0 radical (unpaired) electrons. The average molecular weight is 320 g/mol. The molecule has 124 valence electrons. The molecule has 0 aromatic heterocycles. The van der Waals surface area contributed by atoms with Crippen molar-refractivity contribution in [3.63, 3.8) is 0 Å². The summed E-state index contributed by atoms with van der Waals surface area (Å²) >= 11 is 0. The van der Waals surface area contributed by atoms with Crippen LogP contribution in [0.4, 0.5) is 0 Å². The van der Waals surface area contributed by atoms with Crippen LogP contribution in [0.3, 0.4) is 0 Å². The number of nitrogens with one attached hydrogen (secondary N) is 1. The summed E-state index contributed by atoms with van der Waals surface area (Å²) < 4.78 is 10.2. The lowest BCUT2D eigenvalue weighted by atomic mass is 10.1. The number of benzene rings is 1. The molecule has 0 unspecified atom stereocenters. The molecule has 0 aliphatic carbocycles. The van der Waals surface area contributed by atoms with Crippen LogP contribution in [0.15, 0.2) is 30.3 Å². The van der Waals surface area contributed by atoms with Gasteiger partial charge in [0.15, 0.2) is 0 Å². The van der Waals surface area contributed by atoms with Crippen LogP contribution in [0.25, 0.3) is 0 Å². The summed E-state index contributed by atoms with van der Waals surface area (Å²) in [5.74, 6) is -2.01. The molecule has 23 heavy (non-hydrogen) atoms. The number of carbonyl (C=O) groups excluding carboxylic acids is 3. The Kier molecular flexibility index (Phi) is 6.10. The smallest absolute Gasteiger partial charge is 0.308 e. The maximum atomic E-state index is 12.0. The maximum Gasteiger partial charge on any atom is 0.308 e. The third-order valence-electron chi connectivity index (χ3n) is 3.57. The Labute approximate surface area is 134 Å². The standard InChI is InChI=1S/C16H20N2O5/c17-15(20)13(18-16(21)12-6-7-22-10-12)8-14(19)23-9-11-4-2-1-3-5-11/h1-5,12-13H,6-10H2,(H2,17,20)(H,18,21)/t12-,13+/m0/s1. The van der Waals surface area contributed by atoms with Gasteiger partial charge in [0.1, 0.15) is 12.6 Å². The lowest BCUT2D eigenvalue weighted by Crippen LogP contribution is -2.48. The van der Waals surface area contributed by atoms with E-state index in [4.69, 9.17) is 15.2 Å². The van der Waals surface area contributed by atoms with Gasteiger partial charge in [-0.3, -0.25) is 14.4 Å². The molecule has 2 rings (SSSR count). The molecule has 1 aliphatic rings. The minimum absolute atomic E-state index is 0.107. The number of esters is 1. The Balaban J connectivity index is 1.82. The second kappa shape index (κ2) is 8.28. The van der Waals surface area contributed by atoms with Gasteiger partial charge in [-0.2, -0.15) is 0 Å². The highest BCUT2D eigenvalue weighted by Gasteiger charge is 2.28. The normalized spacial score (nSPS) is 18.2. The van der Waals surface area contributed by atoms with Crippen molar-refractivity contribution in [2.45, 2.75) is 25.5 Å². The number of hydrogen-bond donors (Lipinski definition) is 2. The molecule has 2 atom stereocenters. The third kappa shape index (κ3) is 5.37. The highest BCUT2D eigenvalue weighted by atomic mass is 16.5. The van der Waals surface area contributed by atoms with E-state index in [9.17, 15) is 14.4 Å². The number of nitrogens with two attached hydrogens (primary N) is 1. The molecule has 1 saturated heterocycles. The molecule has 1 aromatic carbocycles. The van der Waals surface area contributed by atoms with Crippen LogP contribution < -0.4 is 11.1 Å². The molecule has 7 heteroatoms. The quantitative estimate of drug-likeness (QED) is 0.694. The Hall–Kier alpha value is -2.41. The molecule has 3 N–H and O–H groups in total. The molecule has 1 aliphatic heterocycles. The SMILES string of the molecule is NC(=O)[C@@H](CC(=O)OCc1ccccc1)NC(=O)[C@H]1CCOC1. The van der Waals surface area contributed by atoms with E-state index in [2.05, 4.69) is 5.32 Å². The first kappa shape index (κ1) is 17.0. The summed E-state index contributed by atoms with van der Waals surface area (Å²) in [6, 6.07) is 8.09. The van der Waals surface area contributed by atoms with Crippen LogP contribution in [0, 0.1) is 5.92 Å². The van der Waals surface area contributed by atoms with Crippen molar-refractivity contribution in [3.05, 3.63) is 35.9 Å². The van der Waals surface area contributed by atoms with Gasteiger partial charge in [0, 0.05) is 6.61 Å². The van der Waals surface area contributed by atoms with E-state index in [1.807, 2.05) is 30.3 Å². The fourth-order valence-corrected chi connectivity index (χ4v) is 2.22. The zero-order valence-electron chi connectivity index (χ0n) is 12.7. The van der Waals surface area contributed by atoms with E-state index >= 15 is 0 Å². The van der Waals surface area contributed by atoms with Gasteiger partial charge in [-0.25, -0.2) is 0 Å². The summed E-state index contributed by atoms with van der Waals surface area (Å²) in [5.41, 5.74) is 6.08. The minimum atomic E-state index is -1.08. The molecular formula is C16H20N2O5. The Morgan fingerprint density at radius 1 is 1.30 bits per heavy atom. The van der Waals surface area contributed by atoms with Crippen molar-refractivity contribution in [1.82, 2.24) is 5.32 Å². The summed E-state index contributed by atoms with van der Waals surface area (Å²) in [4.78, 5) is 35.2. The van der Waals surface area contributed by atoms with Crippen LogP contribution in [-0.4, -0.2) is 37.0 Å². The van der Waals surface area contributed by atoms with Crippen LogP contribution >= 0.6 is 0 Å². The number of rotatable bonds is 7. The van der Waals surface area contributed by atoms with Crippen LogP contribution in [0.1, 0.15) is 18.4 Å². The summed E-state index contributed by atoms with van der Waals surface area (Å²) in [6.45, 7) is 0.934. The number of carbonyl (C=O) groups is 3. The van der Waals surface area contributed by atoms with Crippen molar-refractivity contribution in [2.75, 3.05) is 13.2 Å². The fraction of sp³-hybridized carbons (Fsp3) is 0.438. The minimum Gasteiger partial charge on any atom is -0.461 e. The van der Waals surface area contributed by atoms with Crippen molar-refractivity contribution < 1.29 is 23.9 Å². The molecule has 0 bridgehead atoms. The molecular weight excluding hydrogens is 300 g/mol. The van der Waals surface area contributed by atoms with Gasteiger partial charge in [-0.15, -0.1) is 0 Å². The molecule has 1 heterocycles. The number of hydrogen-bond acceptors (Lipinski definition) is 5. The summed E-state index contributed by atoms with van der Waals surface area (Å²) in [7, 11) is 0. The zero-order chi connectivity index (χ0) is 16.7. The third-order valence-corrected chi connectivity index (χ3v) is 3.57. The van der Waals surface area contributed by atoms with Crippen molar-refractivity contribution in [2.24, 2.45) is 11.7 Å². The van der Waals surface area contributed by atoms with Crippen LogP contribution in [0.5, 0.6) is 0 Å². The predicted octanol–water partition coefficient (Wildman–Crippen LogP) is 0.126. The van der Waals surface area contributed by atoms with E-state index in [1.54, 1.807) is 0 Å². The molecule has 1 fully saturated rings. The van der Waals surface area contributed by atoms with Gasteiger partial charge in [0.2, 0.25) is 11.8 Å². The highest BCUT2D eigenvalue weighted by molar-refractivity contribution is 5.90. The van der Waals surface area contributed by atoms with Crippen molar-refractivity contribution in [1.29, 1.82) is 0 Å². The van der Waals surface area contributed by atoms with E-state index in [1.165, 1.54) is 0 Å². The van der Waals surface area contributed by atoms with E-state index in [0.717, 1.165) is 5.56 Å². The highest BCUT2D eigenvalue weighted by Crippen LogP contribution is 2.13. The van der Waals surface area contributed by atoms with Gasteiger partial charge >= 0.3 is 5.97 Å². The second-order valence-corrected chi connectivity index (χ2v) is 5.37. The maximum absolute atomic E-state index is 12.0. The second-order valence-electron chi connectivity index (χ2n) is 5.37. The monoisotopic (exact) mass is 320 g/mol.